The molecule has 0 aromatic rings. The van der Waals surface area contributed by atoms with Gasteiger partial charge in [-0.05, 0) is 74.7 Å². The topological polar surface area (TPSA) is 46.3 Å². The van der Waals surface area contributed by atoms with Crippen molar-refractivity contribution in [2.45, 2.75) is 52.4 Å². The first-order valence-electron chi connectivity index (χ1n) is 9.07. The predicted molar refractivity (Wildman–Crippen MR) is 85.6 cm³/mol. The molecule has 2 N–H and O–H groups in total. The summed E-state index contributed by atoms with van der Waals surface area (Å²) >= 11 is 0. The summed E-state index contributed by atoms with van der Waals surface area (Å²) < 4.78 is 0. The Morgan fingerprint density at radius 2 is 1.67 bits per heavy atom. The van der Waals surface area contributed by atoms with Crippen molar-refractivity contribution in [3.05, 3.63) is 0 Å². The van der Waals surface area contributed by atoms with Gasteiger partial charge >= 0.3 is 0 Å². The zero-order chi connectivity index (χ0) is 15.0. The molecule has 4 bridgehead atoms. The fourth-order valence-electron chi connectivity index (χ4n) is 5.55. The highest BCUT2D eigenvalue weighted by molar-refractivity contribution is 5.80. The molecule has 4 saturated carbocycles. The van der Waals surface area contributed by atoms with Gasteiger partial charge in [-0.1, -0.05) is 13.8 Å². The molecular weight excluding hydrogens is 260 g/mol. The number of hydrogen-bond donors (Lipinski definition) is 1. The van der Waals surface area contributed by atoms with Crippen molar-refractivity contribution in [2.24, 2.45) is 41.2 Å². The zero-order valence-corrected chi connectivity index (χ0v) is 13.8. The van der Waals surface area contributed by atoms with E-state index in [0.717, 1.165) is 31.3 Å². The van der Waals surface area contributed by atoms with Crippen LogP contribution in [0.2, 0.25) is 0 Å². The Hall–Kier alpha value is -0.570. The van der Waals surface area contributed by atoms with Gasteiger partial charge in [0.05, 0.1) is 0 Å². The fraction of sp³-hybridized carbons (Fsp3) is 0.944. The molecule has 0 spiro atoms. The van der Waals surface area contributed by atoms with E-state index in [0.29, 0.717) is 36.1 Å². The number of amides is 1. The Balaban J connectivity index is 1.70. The normalized spacial score (nSPS) is 37.2. The summed E-state index contributed by atoms with van der Waals surface area (Å²) in [6.07, 6.45) is 7.71. The minimum Gasteiger partial charge on any atom is -0.342 e. The van der Waals surface area contributed by atoms with E-state index < -0.39 is 0 Å². The van der Waals surface area contributed by atoms with Gasteiger partial charge in [-0.15, -0.1) is 0 Å². The lowest BCUT2D eigenvalue weighted by Gasteiger charge is -2.54. The maximum absolute atomic E-state index is 13.2. The average molecular weight is 292 g/mol. The third-order valence-electron chi connectivity index (χ3n) is 6.04. The highest BCUT2D eigenvalue weighted by Gasteiger charge is 2.51. The van der Waals surface area contributed by atoms with Gasteiger partial charge < -0.3 is 10.6 Å². The molecule has 0 aromatic carbocycles. The molecule has 1 amide bonds. The Bertz CT molecular complexity index is 351. The number of carbonyl (C=O) groups excluding carboxylic acids is 1. The van der Waals surface area contributed by atoms with Gasteiger partial charge in [0.2, 0.25) is 5.91 Å². The SMILES string of the molecule is CC(C)CN(CCCN)C(=O)C1C2CC3CC(C2)CC1C3. The largest absolute Gasteiger partial charge is 0.342 e. The van der Waals surface area contributed by atoms with E-state index in [1.54, 1.807) is 0 Å². The van der Waals surface area contributed by atoms with Crippen LogP contribution in [-0.4, -0.2) is 30.4 Å². The van der Waals surface area contributed by atoms with Crippen molar-refractivity contribution >= 4 is 5.91 Å². The molecule has 0 atom stereocenters. The van der Waals surface area contributed by atoms with E-state index in [9.17, 15) is 4.79 Å². The monoisotopic (exact) mass is 292 g/mol. The van der Waals surface area contributed by atoms with Crippen LogP contribution in [0.3, 0.4) is 0 Å². The third kappa shape index (κ3) is 3.13. The summed E-state index contributed by atoms with van der Waals surface area (Å²) in [4.78, 5) is 15.3. The van der Waals surface area contributed by atoms with Crippen LogP contribution in [0.25, 0.3) is 0 Å². The molecule has 0 aromatic heterocycles. The Morgan fingerprint density at radius 3 is 2.14 bits per heavy atom. The Kier molecular flexibility index (Phi) is 4.58. The highest BCUT2D eigenvalue weighted by Crippen LogP contribution is 2.56. The van der Waals surface area contributed by atoms with Crippen LogP contribution >= 0.6 is 0 Å². The second-order valence-electron chi connectivity index (χ2n) is 8.28. The molecule has 120 valence electrons. The minimum atomic E-state index is 0.342. The maximum atomic E-state index is 13.2. The molecule has 0 aliphatic heterocycles. The van der Waals surface area contributed by atoms with E-state index in [2.05, 4.69) is 18.7 Å². The van der Waals surface area contributed by atoms with Gasteiger partial charge in [0.15, 0.2) is 0 Å². The first-order valence-corrected chi connectivity index (χ1v) is 9.07. The third-order valence-corrected chi connectivity index (χ3v) is 6.04. The van der Waals surface area contributed by atoms with Crippen LogP contribution in [0.1, 0.15) is 52.4 Å². The van der Waals surface area contributed by atoms with Crippen molar-refractivity contribution < 1.29 is 4.79 Å². The summed E-state index contributed by atoms with van der Waals surface area (Å²) in [5, 5.41) is 0. The summed E-state index contributed by atoms with van der Waals surface area (Å²) in [7, 11) is 0. The molecule has 3 nitrogen and oxygen atoms in total. The van der Waals surface area contributed by atoms with E-state index in [-0.39, 0.29) is 0 Å². The molecule has 0 saturated heterocycles. The van der Waals surface area contributed by atoms with Gasteiger partial charge in [-0.2, -0.15) is 0 Å². The van der Waals surface area contributed by atoms with E-state index in [1.165, 1.54) is 32.1 Å². The number of nitrogens with two attached hydrogens (primary N) is 1. The first kappa shape index (κ1) is 15.3. The lowest BCUT2D eigenvalue weighted by atomic mass is 9.51. The molecule has 4 aliphatic rings. The van der Waals surface area contributed by atoms with Gasteiger partial charge in [0.1, 0.15) is 0 Å². The van der Waals surface area contributed by atoms with Crippen molar-refractivity contribution in [1.82, 2.24) is 4.90 Å². The molecule has 0 unspecified atom stereocenters. The number of nitrogens with zero attached hydrogens (tertiary/aromatic N) is 1. The Labute approximate surface area is 129 Å². The van der Waals surface area contributed by atoms with Crippen LogP contribution in [0.5, 0.6) is 0 Å². The summed E-state index contributed by atoms with van der Waals surface area (Å²) in [5.74, 6) is 4.63. The van der Waals surface area contributed by atoms with Gasteiger partial charge in [0.25, 0.3) is 0 Å². The van der Waals surface area contributed by atoms with Gasteiger partial charge in [-0.3, -0.25) is 4.79 Å². The number of carbonyl (C=O) groups is 1. The second-order valence-corrected chi connectivity index (χ2v) is 8.28. The minimum absolute atomic E-state index is 0.342. The van der Waals surface area contributed by atoms with Crippen molar-refractivity contribution in [1.29, 1.82) is 0 Å². The first-order chi connectivity index (χ1) is 10.1. The lowest BCUT2D eigenvalue weighted by Crippen LogP contribution is -2.52. The van der Waals surface area contributed by atoms with E-state index >= 15 is 0 Å². The number of hydrogen-bond acceptors (Lipinski definition) is 2. The van der Waals surface area contributed by atoms with Crippen molar-refractivity contribution in [3.8, 4) is 0 Å². The standard InChI is InChI=1S/C18H32N2O/c1-12(2)11-20(5-3-4-19)18(21)17-15-7-13-6-14(9-15)10-16(17)8-13/h12-17H,3-11,19H2,1-2H3. The average Bonchev–Trinajstić information content (AvgIpc) is 2.41. The second kappa shape index (κ2) is 6.28. The number of rotatable bonds is 6. The van der Waals surface area contributed by atoms with E-state index in [1.807, 2.05) is 0 Å². The zero-order valence-electron chi connectivity index (χ0n) is 13.8. The lowest BCUT2D eigenvalue weighted by molar-refractivity contribution is -0.149. The smallest absolute Gasteiger partial charge is 0.226 e. The van der Waals surface area contributed by atoms with Crippen LogP contribution in [0, 0.1) is 35.5 Å². The molecule has 4 aliphatic carbocycles. The molecule has 3 heteroatoms. The van der Waals surface area contributed by atoms with Crippen LogP contribution in [0.15, 0.2) is 0 Å². The van der Waals surface area contributed by atoms with Crippen LogP contribution in [-0.2, 0) is 4.79 Å². The Morgan fingerprint density at radius 1 is 1.10 bits per heavy atom. The molecule has 4 rings (SSSR count). The van der Waals surface area contributed by atoms with Gasteiger partial charge in [0, 0.05) is 19.0 Å². The quantitative estimate of drug-likeness (QED) is 0.818. The predicted octanol–water partition coefficient (Wildman–Crippen LogP) is 2.89. The van der Waals surface area contributed by atoms with Crippen molar-refractivity contribution in [2.75, 3.05) is 19.6 Å². The summed E-state index contributed by atoms with van der Waals surface area (Å²) in [6, 6.07) is 0. The van der Waals surface area contributed by atoms with E-state index in [4.69, 9.17) is 5.73 Å². The summed E-state index contributed by atoms with van der Waals surface area (Å²) in [6.45, 7) is 6.86. The molecule has 0 heterocycles. The summed E-state index contributed by atoms with van der Waals surface area (Å²) in [5.41, 5.74) is 5.66. The van der Waals surface area contributed by atoms with Gasteiger partial charge in [-0.25, -0.2) is 0 Å². The van der Waals surface area contributed by atoms with Crippen molar-refractivity contribution in [3.63, 3.8) is 0 Å². The van der Waals surface area contributed by atoms with Crippen LogP contribution < -0.4 is 5.73 Å². The molecule has 4 fully saturated rings. The molecule has 21 heavy (non-hydrogen) atoms. The maximum Gasteiger partial charge on any atom is 0.226 e. The highest BCUT2D eigenvalue weighted by atomic mass is 16.2. The molecule has 0 radical (unpaired) electrons. The molecular formula is C18H32N2O. The van der Waals surface area contributed by atoms with Crippen LogP contribution in [0.4, 0.5) is 0 Å². The fourth-order valence-corrected chi connectivity index (χ4v) is 5.55.